The van der Waals surface area contributed by atoms with E-state index in [1.807, 2.05) is 0 Å². The molecule has 0 amide bonds. The summed E-state index contributed by atoms with van der Waals surface area (Å²) in [5.74, 6) is 0.406. The van der Waals surface area contributed by atoms with Gasteiger partial charge in [-0.05, 0) is 24.3 Å². The van der Waals surface area contributed by atoms with Gasteiger partial charge in [-0.2, -0.15) is 0 Å². The van der Waals surface area contributed by atoms with Crippen molar-refractivity contribution in [1.82, 2.24) is 4.72 Å². The highest BCUT2D eigenvalue weighted by Crippen LogP contribution is 2.26. The van der Waals surface area contributed by atoms with Crippen molar-refractivity contribution in [3.63, 3.8) is 0 Å². The highest BCUT2D eigenvalue weighted by molar-refractivity contribution is 7.89. The van der Waals surface area contributed by atoms with Crippen molar-refractivity contribution >= 4 is 27.9 Å². The normalized spacial score (nSPS) is 11.3. The zero-order valence-corrected chi connectivity index (χ0v) is 12.6. The smallest absolute Gasteiger partial charge is 0.274 e. The first-order valence-electron chi connectivity index (χ1n) is 5.84. The molecule has 0 spiro atoms. The molecule has 0 fully saturated rings. The fourth-order valence-electron chi connectivity index (χ4n) is 1.68. The largest absolute Gasteiger partial charge is 0.496 e. The molecular weight excluding hydrogens is 318 g/mol. The quantitative estimate of drug-likeness (QED) is 0.821. The zero-order valence-electron chi connectivity index (χ0n) is 11.0. The summed E-state index contributed by atoms with van der Waals surface area (Å²) in [6.45, 7) is -0.0672. The van der Waals surface area contributed by atoms with Gasteiger partial charge in [-0.25, -0.2) is 13.1 Å². The number of hydrogen-bond acceptors (Lipinski definition) is 5. The molecule has 1 heterocycles. The van der Waals surface area contributed by atoms with Gasteiger partial charge >= 0.3 is 0 Å². The Bertz CT molecular complexity index is 754. The fraction of sp³-hybridized carbons (Fsp3) is 0.154. The number of carbonyl (C=O) groups is 1. The van der Waals surface area contributed by atoms with Gasteiger partial charge in [0.1, 0.15) is 5.75 Å². The molecule has 1 aromatic carbocycles. The van der Waals surface area contributed by atoms with Crippen LogP contribution in [0.25, 0.3) is 0 Å². The van der Waals surface area contributed by atoms with E-state index in [0.29, 0.717) is 22.6 Å². The van der Waals surface area contributed by atoms with Crippen LogP contribution in [0.1, 0.15) is 16.1 Å². The van der Waals surface area contributed by atoms with Crippen LogP contribution >= 0.6 is 11.6 Å². The second-order valence-electron chi connectivity index (χ2n) is 4.02. The van der Waals surface area contributed by atoms with Crippen molar-refractivity contribution in [2.45, 2.75) is 11.6 Å². The first-order valence-corrected chi connectivity index (χ1v) is 7.70. The molecule has 1 N–H and O–H groups in total. The summed E-state index contributed by atoms with van der Waals surface area (Å²) in [4.78, 5) is 10.5. The Morgan fingerprint density at radius 3 is 2.71 bits per heavy atom. The number of nitrogens with one attached hydrogen (secondary N) is 1. The van der Waals surface area contributed by atoms with Gasteiger partial charge in [0, 0.05) is 17.1 Å². The Balaban J connectivity index is 2.21. The van der Waals surface area contributed by atoms with Crippen molar-refractivity contribution in [2.24, 2.45) is 0 Å². The van der Waals surface area contributed by atoms with E-state index in [9.17, 15) is 13.2 Å². The van der Waals surface area contributed by atoms with E-state index in [-0.39, 0.29) is 17.4 Å². The lowest BCUT2D eigenvalue weighted by atomic mass is 10.2. The molecule has 0 aliphatic carbocycles. The fourth-order valence-corrected chi connectivity index (χ4v) is 2.84. The van der Waals surface area contributed by atoms with Crippen molar-refractivity contribution < 1.29 is 22.4 Å². The maximum absolute atomic E-state index is 12.0. The van der Waals surface area contributed by atoms with Crippen molar-refractivity contribution in [2.75, 3.05) is 7.11 Å². The molecule has 21 heavy (non-hydrogen) atoms. The van der Waals surface area contributed by atoms with Crippen molar-refractivity contribution in [3.05, 3.63) is 46.7 Å². The number of furan rings is 1. The number of sulfonamides is 1. The summed E-state index contributed by atoms with van der Waals surface area (Å²) in [5.41, 5.74) is 0.507. The van der Waals surface area contributed by atoms with Crippen LogP contribution in [0.4, 0.5) is 0 Å². The van der Waals surface area contributed by atoms with Gasteiger partial charge in [0.25, 0.3) is 10.0 Å². The Labute approximate surface area is 126 Å². The molecule has 0 saturated heterocycles. The van der Waals surface area contributed by atoms with Gasteiger partial charge in [-0.15, -0.1) is 0 Å². The molecule has 8 heteroatoms. The summed E-state index contributed by atoms with van der Waals surface area (Å²) in [5, 5.41) is 0.0423. The second kappa shape index (κ2) is 6.30. The van der Waals surface area contributed by atoms with E-state index in [1.165, 1.54) is 19.2 Å². The maximum Gasteiger partial charge on any atom is 0.274 e. The Kier molecular flexibility index (Phi) is 4.66. The lowest BCUT2D eigenvalue weighted by Gasteiger charge is -2.10. The molecular formula is C13H12ClNO5S. The molecule has 2 aromatic rings. The van der Waals surface area contributed by atoms with E-state index >= 15 is 0 Å². The van der Waals surface area contributed by atoms with Crippen LogP contribution in [-0.2, 0) is 16.6 Å². The molecule has 0 saturated carbocycles. The Hall–Kier alpha value is -1.83. The van der Waals surface area contributed by atoms with Crippen LogP contribution in [0, 0.1) is 0 Å². The number of benzene rings is 1. The third kappa shape index (κ3) is 3.44. The molecule has 1 aromatic heterocycles. The third-order valence-corrected chi connectivity index (χ3v) is 4.35. The first-order chi connectivity index (χ1) is 9.97. The molecule has 6 nitrogen and oxygen atoms in total. The van der Waals surface area contributed by atoms with Crippen LogP contribution in [0.15, 0.2) is 39.8 Å². The molecule has 0 bridgehead atoms. The minimum Gasteiger partial charge on any atom is -0.496 e. The van der Waals surface area contributed by atoms with E-state index < -0.39 is 10.0 Å². The molecule has 112 valence electrons. The summed E-state index contributed by atoms with van der Waals surface area (Å²) < 4.78 is 36.4. The lowest BCUT2D eigenvalue weighted by molar-refractivity contribution is 0.109. The Morgan fingerprint density at radius 1 is 1.33 bits per heavy atom. The van der Waals surface area contributed by atoms with Crippen LogP contribution in [0.2, 0.25) is 5.02 Å². The predicted octanol–water partition coefficient (Wildman–Crippen LogP) is 2.23. The molecule has 0 aliphatic rings. The maximum atomic E-state index is 12.0. The van der Waals surface area contributed by atoms with E-state index in [4.69, 9.17) is 20.8 Å². The average Bonchev–Trinajstić information content (AvgIpc) is 2.95. The van der Waals surface area contributed by atoms with Crippen LogP contribution in [-0.4, -0.2) is 21.8 Å². The SMILES string of the molecule is COc1cccc(Cl)c1CNS(=O)(=O)c1ccc(C=O)o1. The number of carbonyl (C=O) groups excluding carboxylic acids is 1. The van der Waals surface area contributed by atoms with Gasteiger partial charge in [0.15, 0.2) is 12.0 Å². The molecule has 0 unspecified atom stereocenters. The topological polar surface area (TPSA) is 85.6 Å². The van der Waals surface area contributed by atoms with Gasteiger partial charge in [0.2, 0.25) is 5.09 Å². The van der Waals surface area contributed by atoms with Crippen molar-refractivity contribution in [1.29, 1.82) is 0 Å². The number of halogens is 1. The van der Waals surface area contributed by atoms with Gasteiger partial charge in [-0.1, -0.05) is 17.7 Å². The number of hydrogen-bond donors (Lipinski definition) is 1. The first kappa shape index (κ1) is 15.6. The van der Waals surface area contributed by atoms with Crippen LogP contribution < -0.4 is 9.46 Å². The van der Waals surface area contributed by atoms with Crippen molar-refractivity contribution in [3.8, 4) is 5.75 Å². The molecule has 2 rings (SSSR count). The van der Waals surface area contributed by atoms with Gasteiger partial charge in [-0.3, -0.25) is 4.79 Å². The summed E-state index contributed by atoms with van der Waals surface area (Å²) >= 11 is 6.03. The van der Waals surface area contributed by atoms with Gasteiger partial charge < -0.3 is 9.15 Å². The predicted molar refractivity (Wildman–Crippen MR) is 76.1 cm³/mol. The van der Waals surface area contributed by atoms with Crippen LogP contribution in [0.3, 0.4) is 0 Å². The highest BCUT2D eigenvalue weighted by Gasteiger charge is 2.20. The zero-order chi connectivity index (χ0) is 15.5. The monoisotopic (exact) mass is 329 g/mol. The number of methoxy groups -OCH3 is 1. The average molecular weight is 330 g/mol. The molecule has 0 radical (unpaired) electrons. The number of ether oxygens (including phenoxy) is 1. The number of rotatable bonds is 6. The summed E-state index contributed by atoms with van der Waals surface area (Å²) in [6, 6.07) is 7.48. The second-order valence-corrected chi connectivity index (χ2v) is 6.12. The third-order valence-electron chi connectivity index (χ3n) is 2.72. The van der Waals surface area contributed by atoms with E-state index in [2.05, 4.69) is 4.72 Å². The minimum absolute atomic E-state index is 0.0642. The molecule has 0 aliphatic heterocycles. The van der Waals surface area contributed by atoms with Crippen LogP contribution in [0.5, 0.6) is 5.75 Å². The van der Waals surface area contributed by atoms with E-state index in [0.717, 1.165) is 0 Å². The highest BCUT2D eigenvalue weighted by atomic mass is 35.5. The van der Waals surface area contributed by atoms with E-state index in [1.54, 1.807) is 18.2 Å². The minimum atomic E-state index is -3.88. The number of aldehydes is 1. The van der Waals surface area contributed by atoms with Gasteiger partial charge in [0.05, 0.1) is 7.11 Å². The standard InChI is InChI=1S/C13H12ClNO5S/c1-19-12-4-2-3-11(14)10(12)7-15-21(17,18)13-6-5-9(8-16)20-13/h2-6,8,15H,7H2,1H3. The summed E-state index contributed by atoms with van der Waals surface area (Å²) in [6.07, 6.45) is 0.427. The Morgan fingerprint density at radius 2 is 2.10 bits per heavy atom. The lowest BCUT2D eigenvalue weighted by Crippen LogP contribution is -2.23. The molecule has 0 atom stereocenters. The summed E-state index contributed by atoms with van der Waals surface area (Å²) in [7, 11) is -2.41.